The van der Waals surface area contributed by atoms with E-state index in [1.807, 2.05) is 48.5 Å². The van der Waals surface area contributed by atoms with E-state index in [1.165, 1.54) is 19.3 Å². The second-order valence-electron chi connectivity index (χ2n) is 12.8. The lowest BCUT2D eigenvalue weighted by molar-refractivity contribution is -0.00617. The number of hydrogen-bond donors (Lipinski definition) is 3. The smallest absolute Gasteiger partial charge is 0.336 e. The number of carboxylic acid groups (broad SMARTS) is 1. The Hall–Kier alpha value is -4.25. The Morgan fingerprint density at radius 2 is 1.41 bits per heavy atom. The molecule has 4 saturated carbocycles. The van der Waals surface area contributed by atoms with Crippen molar-refractivity contribution in [2.75, 3.05) is 0 Å². The van der Waals surface area contributed by atoms with E-state index < -0.39 is 5.97 Å². The zero-order valence-electron chi connectivity index (χ0n) is 22.7. The van der Waals surface area contributed by atoms with Crippen molar-refractivity contribution in [2.24, 2.45) is 17.8 Å². The van der Waals surface area contributed by atoms with E-state index in [2.05, 4.69) is 6.07 Å². The minimum atomic E-state index is -0.978. The molecule has 206 valence electrons. The summed E-state index contributed by atoms with van der Waals surface area (Å²) in [5.41, 5.74) is 5.76. The van der Waals surface area contributed by atoms with Crippen molar-refractivity contribution in [3.8, 4) is 34.1 Å². The van der Waals surface area contributed by atoms with Gasteiger partial charge >= 0.3 is 5.97 Å². The Bertz CT molecular complexity index is 1680. The number of carboxylic acids is 1. The SMILES string of the molecule is O=C(O)c1ccccc1-c1ccc2c(c1)Oc1cc(O)ccc1C2c1ccc(O)c(C23CC4CC(CC(C4)C2)C3)c1. The largest absolute Gasteiger partial charge is 0.508 e. The van der Waals surface area contributed by atoms with Crippen molar-refractivity contribution >= 4 is 5.97 Å². The van der Waals surface area contributed by atoms with Crippen LogP contribution in [0, 0.1) is 17.8 Å². The van der Waals surface area contributed by atoms with Gasteiger partial charge < -0.3 is 20.1 Å². The Labute approximate surface area is 239 Å². The first-order valence-corrected chi connectivity index (χ1v) is 14.7. The van der Waals surface area contributed by atoms with Crippen LogP contribution in [0.1, 0.15) is 77.1 Å². The van der Waals surface area contributed by atoms with Gasteiger partial charge in [-0.15, -0.1) is 0 Å². The summed E-state index contributed by atoms with van der Waals surface area (Å²) in [5.74, 6) is 2.90. The molecule has 1 aliphatic heterocycles. The lowest BCUT2D eigenvalue weighted by atomic mass is 9.48. The van der Waals surface area contributed by atoms with E-state index >= 15 is 0 Å². The molecule has 1 heterocycles. The van der Waals surface area contributed by atoms with E-state index in [9.17, 15) is 20.1 Å². The van der Waals surface area contributed by atoms with Crippen molar-refractivity contribution in [3.63, 3.8) is 0 Å². The summed E-state index contributed by atoms with van der Waals surface area (Å²) in [6, 6.07) is 24.3. The van der Waals surface area contributed by atoms with Crippen LogP contribution in [-0.4, -0.2) is 21.3 Å². The molecule has 0 spiro atoms. The zero-order valence-corrected chi connectivity index (χ0v) is 22.7. The molecule has 4 aromatic carbocycles. The highest BCUT2D eigenvalue weighted by molar-refractivity contribution is 5.96. The lowest BCUT2D eigenvalue weighted by Gasteiger charge is -2.57. The summed E-state index contributed by atoms with van der Waals surface area (Å²) in [6.07, 6.45) is 7.53. The molecule has 1 unspecified atom stereocenters. The maximum Gasteiger partial charge on any atom is 0.336 e. The molecular formula is C36H32O5. The third-order valence-electron chi connectivity index (χ3n) is 10.3. The summed E-state index contributed by atoms with van der Waals surface area (Å²) in [5, 5.41) is 31.3. The normalized spacial score (nSPS) is 27.1. The summed E-state index contributed by atoms with van der Waals surface area (Å²) in [6.45, 7) is 0. The van der Waals surface area contributed by atoms with Crippen LogP contribution in [0.3, 0.4) is 0 Å². The van der Waals surface area contributed by atoms with Crippen LogP contribution in [0.25, 0.3) is 11.1 Å². The standard InChI is InChI=1S/C36H32O5/c37-25-7-9-29-33(16-25)41-32-15-23(26-3-1-2-4-27(26)35(39)40)5-8-28(32)34(29)24-6-10-31(38)30(14-24)36-17-20-11-21(18-36)13-22(12-20)19-36/h1-10,14-16,20-22,34,37-38H,11-13,17-19H2,(H,39,40). The number of ether oxygens (including phenoxy) is 1. The van der Waals surface area contributed by atoms with Crippen molar-refractivity contribution in [2.45, 2.75) is 49.9 Å². The molecule has 0 aromatic heterocycles. The predicted molar refractivity (Wildman–Crippen MR) is 156 cm³/mol. The van der Waals surface area contributed by atoms with E-state index in [4.69, 9.17) is 4.74 Å². The van der Waals surface area contributed by atoms with Crippen molar-refractivity contribution < 1.29 is 24.9 Å². The molecule has 0 radical (unpaired) electrons. The van der Waals surface area contributed by atoms with Gasteiger partial charge in [-0.2, -0.15) is 0 Å². The molecule has 0 saturated heterocycles. The molecule has 4 aromatic rings. The molecule has 5 heteroatoms. The quantitative estimate of drug-likeness (QED) is 0.212. The number of benzene rings is 4. The summed E-state index contributed by atoms with van der Waals surface area (Å²) >= 11 is 0. The van der Waals surface area contributed by atoms with Gasteiger partial charge in [0.25, 0.3) is 0 Å². The van der Waals surface area contributed by atoms with Crippen LogP contribution in [0.4, 0.5) is 0 Å². The molecule has 4 fully saturated rings. The fourth-order valence-electron chi connectivity index (χ4n) is 9.04. The van der Waals surface area contributed by atoms with Gasteiger partial charge in [-0.05, 0) is 103 Å². The third kappa shape index (κ3) is 3.86. The minimum Gasteiger partial charge on any atom is -0.508 e. The maximum absolute atomic E-state index is 11.9. The number of phenols is 2. The molecule has 1 atom stereocenters. The van der Waals surface area contributed by atoms with E-state index in [1.54, 1.807) is 24.3 Å². The Balaban J connectivity index is 1.27. The molecule has 41 heavy (non-hydrogen) atoms. The summed E-state index contributed by atoms with van der Waals surface area (Å²) in [7, 11) is 0. The van der Waals surface area contributed by atoms with Crippen LogP contribution in [-0.2, 0) is 5.41 Å². The molecule has 5 aliphatic rings. The third-order valence-corrected chi connectivity index (χ3v) is 10.3. The first-order valence-electron chi connectivity index (χ1n) is 14.7. The molecule has 4 bridgehead atoms. The summed E-state index contributed by atoms with van der Waals surface area (Å²) < 4.78 is 6.37. The van der Waals surface area contributed by atoms with E-state index in [-0.39, 0.29) is 22.6 Å². The topological polar surface area (TPSA) is 87.0 Å². The highest BCUT2D eigenvalue weighted by Gasteiger charge is 2.52. The van der Waals surface area contributed by atoms with Gasteiger partial charge in [0.05, 0.1) is 5.56 Å². The molecule has 0 amide bonds. The monoisotopic (exact) mass is 544 g/mol. The maximum atomic E-state index is 11.9. The Morgan fingerprint density at radius 3 is 2.12 bits per heavy atom. The Morgan fingerprint density at radius 1 is 0.756 bits per heavy atom. The van der Waals surface area contributed by atoms with Crippen LogP contribution < -0.4 is 4.74 Å². The number of aromatic carboxylic acids is 1. The molecule has 5 nitrogen and oxygen atoms in total. The average molecular weight is 545 g/mol. The van der Waals surface area contributed by atoms with Crippen molar-refractivity contribution in [1.29, 1.82) is 0 Å². The first-order chi connectivity index (χ1) is 19.9. The highest BCUT2D eigenvalue weighted by Crippen LogP contribution is 2.62. The van der Waals surface area contributed by atoms with E-state index in [0.717, 1.165) is 64.8 Å². The predicted octanol–water partition coefficient (Wildman–Crippen LogP) is 8.22. The zero-order chi connectivity index (χ0) is 27.9. The second-order valence-corrected chi connectivity index (χ2v) is 12.8. The van der Waals surface area contributed by atoms with Gasteiger partial charge in [0.2, 0.25) is 0 Å². The van der Waals surface area contributed by atoms with Gasteiger partial charge in [-0.1, -0.05) is 48.5 Å². The van der Waals surface area contributed by atoms with Crippen LogP contribution in [0.2, 0.25) is 0 Å². The second kappa shape index (κ2) is 8.87. The van der Waals surface area contributed by atoms with Crippen molar-refractivity contribution in [3.05, 3.63) is 107 Å². The van der Waals surface area contributed by atoms with Gasteiger partial charge in [-0.3, -0.25) is 0 Å². The fraction of sp³-hybridized carbons (Fsp3) is 0.306. The molecule has 9 rings (SSSR count). The fourth-order valence-corrected chi connectivity index (χ4v) is 9.04. The lowest BCUT2D eigenvalue weighted by Crippen LogP contribution is -2.48. The number of carbonyl (C=O) groups is 1. The first kappa shape index (κ1) is 24.5. The number of rotatable bonds is 4. The number of hydrogen-bond acceptors (Lipinski definition) is 4. The highest BCUT2D eigenvalue weighted by atomic mass is 16.5. The average Bonchev–Trinajstić information content (AvgIpc) is 2.95. The van der Waals surface area contributed by atoms with Gasteiger partial charge in [0.1, 0.15) is 23.0 Å². The Kier molecular flexibility index (Phi) is 5.31. The number of aromatic hydroxyl groups is 2. The summed E-state index contributed by atoms with van der Waals surface area (Å²) in [4.78, 5) is 11.9. The van der Waals surface area contributed by atoms with Crippen LogP contribution in [0.15, 0.2) is 78.9 Å². The molecular weight excluding hydrogens is 512 g/mol. The molecule has 3 N–H and O–H groups in total. The van der Waals surface area contributed by atoms with E-state index in [0.29, 0.717) is 22.8 Å². The van der Waals surface area contributed by atoms with Crippen molar-refractivity contribution in [1.82, 2.24) is 0 Å². The number of phenolic OH excluding ortho intramolecular Hbond substituents is 2. The molecule has 4 aliphatic carbocycles. The van der Waals surface area contributed by atoms with Crippen LogP contribution in [0.5, 0.6) is 23.0 Å². The minimum absolute atomic E-state index is 0.0467. The van der Waals surface area contributed by atoms with Gasteiger partial charge in [0, 0.05) is 28.7 Å². The van der Waals surface area contributed by atoms with Gasteiger partial charge in [-0.25, -0.2) is 4.79 Å². The van der Waals surface area contributed by atoms with Crippen LogP contribution >= 0.6 is 0 Å². The number of fused-ring (bicyclic) bond motifs is 2. The van der Waals surface area contributed by atoms with Gasteiger partial charge in [0.15, 0.2) is 0 Å².